The van der Waals surface area contributed by atoms with E-state index in [0.29, 0.717) is 17.9 Å². The second kappa shape index (κ2) is 6.22. The number of halogens is 1. The van der Waals surface area contributed by atoms with Crippen LogP contribution in [-0.4, -0.2) is 0 Å². The number of benzene rings is 2. The van der Waals surface area contributed by atoms with E-state index < -0.39 is 0 Å². The average Bonchev–Trinajstić information content (AvgIpc) is 2.39. The second-order valence-electron chi connectivity index (χ2n) is 4.69. The molecule has 19 heavy (non-hydrogen) atoms. The normalized spacial score (nSPS) is 10.7. The molecule has 0 heterocycles. The highest BCUT2D eigenvalue weighted by Gasteiger charge is 2.06. The van der Waals surface area contributed by atoms with Gasteiger partial charge in [-0.1, -0.05) is 29.8 Å². The van der Waals surface area contributed by atoms with E-state index in [0.717, 1.165) is 5.56 Å². The van der Waals surface area contributed by atoms with Gasteiger partial charge in [0.25, 0.3) is 0 Å². The third-order valence-electron chi connectivity index (χ3n) is 3.06. The van der Waals surface area contributed by atoms with Crippen molar-refractivity contribution in [3.63, 3.8) is 0 Å². The van der Waals surface area contributed by atoms with Crippen molar-refractivity contribution in [3.8, 4) is 0 Å². The standard InChI is InChI=1S/C16H18FNS/c1-11-3-6-16(12(2)7-11)19-10-14-8-13(9-18)4-5-15(14)17/h3-8H,9-10,18H2,1-2H3. The van der Waals surface area contributed by atoms with Crippen LogP contribution >= 0.6 is 11.8 Å². The Morgan fingerprint density at radius 1 is 1.11 bits per heavy atom. The topological polar surface area (TPSA) is 26.0 Å². The number of hydrogen-bond acceptors (Lipinski definition) is 2. The van der Waals surface area contributed by atoms with Crippen molar-refractivity contribution in [1.29, 1.82) is 0 Å². The summed E-state index contributed by atoms with van der Waals surface area (Å²) in [5, 5.41) is 0. The highest BCUT2D eigenvalue weighted by molar-refractivity contribution is 7.98. The van der Waals surface area contributed by atoms with E-state index in [2.05, 4.69) is 32.0 Å². The van der Waals surface area contributed by atoms with Crippen molar-refractivity contribution in [2.24, 2.45) is 5.73 Å². The first-order valence-corrected chi connectivity index (χ1v) is 7.26. The summed E-state index contributed by atoms with van der Waals surface area (Å²) in [6.07, 6.45) is 0. The van der Waals surface area contributed by atoms with Crippen molar-refractivity contribution in [2.45, 2.75) is 31.0 Å². The summed E-state index contributed by atoms with van der Waals surface area (Å²) in [6, 6.07) is 11.4. The lowest BCUT2D eigenvalue weighted by atomic mass is 10.1. The smallest absolute Gasteiger partial charge is 0.127 e. The van der Waals surface area contributed by atoms with Gasteiger partial charge in [-0.15, -0.1) is 11.8 Å². The van der Waals surface area contributed by atoms with E-state index in [1.165, 1.54) is 22.1 Å². The Morgan fingerprint density at radius 2 is 1.89 bits per heavy atom. The molecule has 2 rings (SSSR count). The van der Waals surface area contributed by atoms with Crippen LogP contribution < -0.4 is 5.73 Å². The number of hydrogen-bond donors (Lipinski definition) is 1. The zero-order valence-corrected chi connectivity index (χ0v) is 12.1. The summed E-state index contributed by atoms with van der Waals surface area (Å²) in [7, 11) is 0. The van der Waals surface area contributed by atoms with Gasteiger partial charge in [0.2, 0.25) is 0 Å². The van der Waals surface area contributed by atoms with Crippen LogP contribution in [0.25, 0.3) is 0 Å². The van der Waals surface area contributed by atoms with Gasteiger partial charge in [-0.05, 0) is 42.7 Å². The molecule has 3 heteroatoms. The Bertz CT molecular complexity index is 581. The van der Waals surface area contributed by atoms with Crippen molar-refractivity contribution in [2.75, 3.05) is 0 Å². The summed E-state index contributed by atoms with van der Waals surface area (Å²) >= 11 is 1.66. The van der Waals surface area contributed by atoms with E-state index in [9.17, 15) is 4.39 Å². The lowest BCUT2D eigenvalue weighted by Gasteiger charge is -2.08. The predicted octanol–water partition coefficient (Wildman–Crippen LogP) is 4.19. The Kier molecular flexibility index (Phi) is 4.61. The molecule has 0 aliphatic carbocycles. The minimum atomic E-state index is -0.158. The molecule has 0 atom stereocenters. The van der Waals surface area contributed by atoms with Crippen LogP contribution in [0.4, 0.5) is 4.39 Å². The predicted molar refractivity (Wildman–Crippen MR) is 79.8 cm³/mol. The maximum atomic E-state index is 13.7. The fraction of sp³-hybridized carbons (Fsp3) is 0.250. The highest BCUT2D eigenvalue weighted by atomic mass is 32.2. The number of nitrogens with two attached hydrogens (primary N) is 1. The Hall–Kier alpha value is -1.32. The first-order chi connectivity index (χ1) is 9.10. The molecule has 0 radical (unpaired) electrons. The molecule has 0 aliphatic heterocycles. The van der Waals surface area contributed by atoms with Gasteiger partial charge in [-0.2, -0.15) is 0 Å². The largest absolute Gasteiger partial charge is 0.326 e. The SMILES string of the molecule is Cc1ccc(SCc2cc(CN)ccc2F)c(C)c1. The van der Waals surface area contributed by atoms with Crippen molar-refractivity contribution in [3.05, 3.63) is 64.5 Å². The van der Waals surface area contributed by atoms with E-state index in [1.807, 2.05) is 6.07 Å². The first kappa shape index (κ1) is 14.1. The third-order valence-corrected chi connectivity index (χ3v) is 4.28. The minimum absolute atomic E-state index is 0.158. The average molecular weight is 275 g/mol. The molecule has 0 amide bonds. The monoisotopic (exact) mass is 275 g/mol. The Labute approximate surface area is 118 Å². The van der Waals surface area contributed by atoms with Crippen LogP contribution in [0, 0.1) is 19.7 Å². The van der Waals surface area contributed by atoms with E-state index in [1.54, 1.807) is 17.8 Å². The molecule has 2 aromatic carbocycles. The summed E-state index contributed by atoms with van der Waals surface area (Å²) in [4.78, 5) is 1.20. The van der Waals surface area contributed by atoms with Crippen LogP contribution in [0.3, 0.4) is 0 Å². The summed E-state index contributed by atoms with van der Waals surface area (Å²) < 4.78 is 13.7. The molecule has 0 bridgehead atoms. The summed E-state index contributed by atoms with van der Waals surface area (Å²) in [6.45, 7) is 4.61. The Balaban J connectivity index is 2.14. The van der Waals surface area contributed by atoms with Gasteiger partial charge in [0, 0.05) is 17.2 Å². The molecule has 0 aliphatic rings. The van der Waals surface area contributed by atoms with Crippen LogP contribution in [0.5, 0.6) is 0 Å². The zero-order chi connectivity index (χ0) is 13.8. The molecule has 0 fully saturated rings. The van der Waals surface area contributed by atoms with Gasteiger partial charge in [-0.3, -0.25) is 0 Å². The van der Waals surface area contributed by atoms with Gasteiger partial charge in [0.15, 0.2) is 0 Å². The van der Waals surface area contributed by atoms with Crippen LogP contribution in [0.2, 0.25) is 0 Å². The molecular weight excluding hydrogens is 257 g/mol. The zero-order valence-electron chi connectivity index (χ0n) is 11.2. The summed E-state index contributed by atoms with van der Waals surface area (Å²) in [5.41, 5.74) is 9.76. The lowest BCUT2D eigenvalue weighted by Crippen LogP contribution is -1.98. The maximum Gasteiger partial charge on any atom is 0.127 e. The van der Waals surface area contributed by atoms with Crippen molar-refractivity contribution in [1.82, 2.24) is 0 Å². The molecule has 2 N–H and O–H groups in total. The van der Waals surface area contributed by atoms with Gasteiger partial charge < -0.3 is 5.73 Å². The molecule has 0 aromatic heterocycles. The third kappa shape index (κ3) is 3.58. The molecule has 0 unspecified atom stereocenters. The fourth-order valence-electron chi connectivity index (χ4n) is 1.98. The second-order valence-corrected chi connectivity index (χ2v) is 5.70. The van der Waals surface area contributed by atoms with Crippen LogP contribution in [0.15, 0.2) is 41.3 Å². The summed E-state index contributed by atoms with van der Waals surface area (Å²) in [5.74, 6) is 0.471. The molecule has 0 saturated heterocycles. The first-order valence-electron chi connectivity index (χ1n) is 6.27. The van der Waals surface area contributed by atoms with Gasteiger partial charge in [0.05, 0.1) is 0 Å². The van der Waals surface area contributed by atoms with Gasteiger partial charge in [0.1, 0.15) is 5.82 Å². The molecule has 2 aromatic rings. The van der Waals surface area contributed by atoms with E-state index in [4.69, 9.17) is 5.73 Å². The van der Waals surface area contributed by atoms with Gasteiger partial charge in [-0.25, -0.2) is 4.39 Å². The van der Waals surface area contributed by atoms with E-state index >= 15 is 0 Å². The Morgan fingerprint density at radius 3 is 2.58 bits per heavy atom. The molecule has 0 saturated carbocycles. The minimum Gasteiger partial charge on any atom is -0.326 e. The molecule has 100 valence electrons. The highest BCUT2D eigenvalue weighted by Crippen LogP contribution is 2.27. The molecular formula is C16H18FNS. The molecule has 0 spiro atoms. The van der Waals surface area contributed by atoms with Crippen LogP contribution in [0.1, 0.15) is 22.3 Å². The van der Waals surface area contributed by atoms with Crippen LogP contribution in [-0.2, 0) is 12.3 Å². The van der Waals surface area contributed by atoms with E-state index in [-0.39, 0.29) is 5.82 Å². The quantitative estimate of drug-likeness (QED) is 0.847. The number of rotatable bonds is 4. The van der Waals surface area contributed by atoms with Crippen molar-refractivity contribution < 1.29 is 4.39 Å². The number of aryl methyl sites for hydroxylation is 2. The molecule has 1 nitrogen and oxygen atoms in total. The van der Waals surface area contributed by atoms with Gasteiger partial charge >= 0.3 is 0 Å². The fourth-order valence-corrected chi connectivity index (χ4v) is 2.97. The maximum absolute atomic E-state index is 13.7. The number of thioether (sulfide) groups is 1. The lowest BCUT2D eigenvalue weighted by molar-refractivity contribution is 0.616. The van der Waals surface area contributed by atoms with Crippen molar-refractivity contribution >= 4 is 11.8 Å².